The maximum atomic E-state index is 12.9. The van der Waals surface area contributed by atoms with Crippen molar-refractivity contribution in [3.05, 3.63) is 95.3 Å². The topological polar surface area (TPSA) is 77.8 Å². The molecule has 1 aromatic heterocycles. The Morgan fingerprint density at radius 3 is 2.60 bits per heavy atom. The highest BCUT2D eigenvalue weighted by molar-refractivity contribution is 6.08. The lowest BCUT2D eigenvalue weighted by atomic mass is 10.1. The van der Waals surface area contributed by atoms with Gasteiger partial charge in [0.1, 0.15) is 5.75 Å². The van der Waals surface area contributed by atoms with Gasteiger partial charge in [-0.1, -0.05) is 48.6 Å². The minimum atomic E-state index is -1.02. The number of carbonyl (C=O) groups is 2. The van der Waals surface area contributed by atoms with Crippen LogP contribution in [0, 0.1) is 0 Å². The summed E-state index contributed by atoms with van der Waals surface area (Å²) in [5.41, 5.74) is 3.13. The minimum Gasteiger partial charge on any atom is -0.482 e. The normalized spacial score (nSPS) is 11.0. The number of rotatable bonds is 10. The number of hydrogen-bond acceptors (Lipinski definition) is 4. The second-order valence-electron chi connectivity index (χ2n) is 6.66. The molecule has 0 radical (unpaired) electrons. The number of hydrogen-bond donors (Lipinski definition) is 1. The van der Waals surface area contributed by atoms with E-state index in [1.807, 2.05) is 59.3 Å². The molecule has 0 aliphatic rings. The first-order valence-electron chi connectivity index (χ1n) is 9.46. The third-order valence-electron chi connectivity index (χ3n) is 4.42. The van der Waals surface area contributed by atoms with Crippen LogP contribution < -0.4 is 4.74 Å². The molecule has 0 aliphatic carbocycles. The van der Waals surface area contributed by atoms with Crippen LogP contribution in [0.1, 0.15) is 27.2 Å². The van der Waals surface area contributed by atoms with Gasteiger partial charge in [-0.2, -0.15) is 0 Å². The number of carboxylic acid groups (broad SMARTS) is 1. The van der Waals surface area contributed by atoms with E-state index in [4.69, 9.17) is 14.6 Å². The van der Waals surface area contributed by atoms with Crippen molar-refractivity contribution in [3.8, 4) is 5.75 Å². The van der Waals surface area contributed by atoms with Crippen LogP contribution >= 0.6 is 0 Å². The van der Waals surface area contributed by atoms with Crippen molar-refractivity contribution in [2.24, 2.45) is 0 Å². The van der Waals surface area contributed by atoms with Gasteiger partial charge in [0.15, 0.2) is 6.61 Å². The van der Waals surface area contributed by atoms with E-state index in [-0.39, 0.29) is 12.4 Å². The Morgan fingerprint density at radius 1 is 1.07 bits per heavy atom. The molecule has 30 heavy (non-hydrogen) atoms. The van der Waals surface area contributed by atoms with Gasteiger partial charge in [-0.05, 0) is 35.4 Å². The first kappa shape index (κ1) is 21.1. The van der Waals surface area contributed by atoms with Crippen molar-refractivity contribution in [1.29, 1.82) is 0 Å². The van der Waals surface area contributed by atoms with Crippen LogP contribution in [0.15, 0.2) is 72.9 Å². The van der Waals surface area contributed by atoms with Crippen LogP contribution in [0.2, 0.25) is 0 Å². The van der Waals surface area contributed by atoms with Crippen molar-refractivity contribution >= 4 is 17.8 Å². The molecule has 1 N–H and O–H groups in total. The highest BCUT2D eigenvalue weighted by Crippen LogP contribution is 2.16. The summed E-state index contributed by atoms with van der Waals surface area (Å²) >= 11 is 0. The molecule has 6 nitrogen and oxygen atoms in total. The summed E-state index contributed by atoms with van der Waals surface area (Å²) in [6, 6.07) is 18.2. The fraction of sp³-hybridized carbons (Fsp3) is 0.167. The van der Waals surface area contributed by atoms with Gasteiger partial charge in [0.05, 0.1) is 12.3 Å². The van der Waals surface area contributed by atoms with Crippen molar-refractivity contribution in [2.45, 2.75) is 13.2 Å². The first-order valence-corrected chi connectivity index (χ1v) is 9.46. The number of aromatic nitrogens is 1. The number of carbonyl (C=O) groups excluding carboxylic acids is 1. The molecule has 3 aromatic rings. The molecule has 0 bridgehead atoms. The third-order valence-corrected chi connectivity index (χ3v) is 4.42. The molecule has 0 spiro atoms. The van der Waals surface area contributed by atoms with E-state index < -0.39 is 5.97 Å². The Labute approximate surface area is 175 Å². The third kappa shape index (κ3) is 5.68. The van der Waals surface area contributed by atoms with Crippen molar-refractivity contribution < 1.29 is 24.2 Å². The summed E-state index contributed by atoms with van der Waals surface area (Å²) in [4.78, 5) is 23.5. The zero-order valence-corrected chi connectivity index (χ0v) is 16.7. The summed E-state index contributed by atoms with van der Waals surface area (Å²) in [5.74, 6) is -0.566. The van der Waals surface area contributed by atoms with E-state index in [0.29, 0.717) is 30.2 Å². The SMILES string of the molecule is COCc1ccc(C(=O)c2cccn2C/C=C/c2cccc(OCC(=O)O)c2)cc1. The number of methoxy groups -OCH3 is 1. The van der Waals surface area contributed by atoms with Crippen LogP contribution in [0.3, 0.4) is 0 Å². The average Bonchev–Trinajstić information content (AvgIpc) is 3.21. The summed E-state index contributed by atoms with van der Waals surface area (Å²) < 4.78 is 12.2. The molecule has 0 aliphatic heterocycles. The molecule has 1 heterocycles. The first-order chi connectivity index (χ1) is 14.6. The predicted molar refractivity (Wildman–Crippen MR) is 114 cm³/mol. The number of allylic oxidation sites excluding steroid dienone is 1. The maximum Gasteiger partial charge on any atom is 0.341 e. The summed E-state index contributed by atoms with van der Waals surface area (Å²) in [6.07, 6.45) is 5.71. The Kier molecular flexibility index (Phi) is 7.19. The van der Waals surface area contributed by atoms with Crippen molar-refractivity contribution in [1.82, 2.24) is 4.57 Å². The van der Waals surface area contributed by atoms with Gasteiger partial charge >= 0.3 is 5.97 Å². The second-order valence-corrected chi connectivity index (χ2v) is 6.66. The molecule has 6 heteroatoms. The average molecular weight is 405 g/mol. The molecule has 154 valence electrons. The lowest BCUT2D eigenvalue weighted by Crippen LogP contribution is -2.09. The number of benzene rings is 2. The number of aliphatic carboxylic acids is 1. The lowest BCUT2D eigenvalue weighted by Gasteiger charge is -2.07. The van der Waals surface area contributed by atoms with E-state index >= 15 is 0 Å². The zero-order valence-electron chi connectivity index (χ0n) is 16.7. The summed E-state index contributed by atoms with van der Waals surface area (Å²) in [5, 5.41) is 8.71. The van der Waals surface area contributed by atoms with Gasteiger partial charge in [-0.25, -0.2) is 4.79 Å². The fourth-order valence-electron chi connectivity index (χ4n) is 3.00. The quantitative estimate of drug-likeness (QED) is 0.515. The molecule has 0 atom stereocenters. The molecule has 0 amide bonds. The molecule has 0 saturated heterocycles. The van der Waals surface area contributed by atoms with Crippen LogP contribution in [0.5, 0.6) is 5.75 Å². The van der Waals surface area contributed by atoms with E-state index in [1.165, 1.54) is 0 Å². The molecule has 0 fully saturated rings. The highest BCUT2D eigenvalue weighted by Gasteiger charge is 2.12. The molecule has 0 saturated carbocycles. The van der Waals surface area contributed by atoms with Gasteiger partial charge in [-0.15, -0.1) is 0 Å². The van der Waals surface area contributed by atoms with Gasteiger partial charge in [0.2, 0.25) is 5.78 Å². The summed E-state index contributed by atoms with van der Waals surface area (Å²) in [7, 11) is 1.64. The van der Waals surface area contributed by atoms with Gasteiger partial charge in [0.25, 0.3) is 0 Å². The van der Waals surface area contributed by atoms with Crippen LogP contribution in [0.4, 0.5) is 0 Å². The van der Waals surface area contributed by atoms with Crippen LogP contribution in [-0.4, -0.2) is 35.1 Å². The molecule has 3 rings (SSSR count). The molecular weight excluding hydrogens is 382 g/mol. The van der Waals surface area contributed by atoms with E-state index in [9.17, 15) is 9.59 Å². The lowest BCUT2D eigenvalue weighted by molar-refractivity contribution is -0.139. The predicted octanol–water partition coefficient (Wildman–Crippen LogP) is 4.04. The number of nitrogens with zero attached hydrogens (tertiary/aromatic N) is 1. The van der Waals surface area contributed by atoms with Crippen LogP contribution in [0.25, 0.3) is 6.08 Å². The highest BCUT2D eigenvalue weighted by atomic mass is 16.5. The van der Waals surface area contributed by atoms with Crippen molar-refractivity contribution in [3.63, 3.8) is 0 Å². The van der Waals surface area contributed by atoms with Gasteiger partial charge in [-0.3, -0.25) is 4.79 Å². The van der Waals surface area contributed by atoms with E-state index in [1.54, 1.807) is 31.4 Å². The molecule has 0 unspecified atom stereocenters. The Balaban J connectivity index is 1.66. The molecule has 2 aromatic carbocycles. The number of ether oxygens (including phenoxy) is 2. The van der Waals surface area contributed by atoms with E-state index in [2.05, 4.69) is 0 Å². The second kappa shape index (κ2) is 10.2. The minimum absolute atomic E-state index is 0.0403. The Morgan fingerprint density at radius 2 is 1.87 bits per heavy atom. The summed E-state index contributed by atoms with van der Waals surface area (Å²) in [6.45, 7) is 0.655. The number of ketones is 1. The van der Waals surface area contributed by atoms with E-state index in [0.717, 1.165) is 11.1 Å². The number of carboxylic acids is 1. The zero-order chi connectivity index (χ0) is 21.3. The largest absolute Gasteiger partial charge is 0.482 e. The maximum absolute atomic E-state index is 12.9. The van der Waals surface area contributed by atoms with Crippen LogP contribution in [-0.2, 0) is 22.7 Å². The van der Waals surface area contributed by atoms with Crippen molar-refractivity contribution in [2.75, 3.05) is 13.7 Å². The van der Waals surface area contributed by atoms with Gasteiger partial charge < -0.3 is 19.1 Å². The Bertz CT molecular complexity index is 1030. The van der Waals surface area contributed by atoms with Gasteiger partial charge in [0, 0.05) is 25.4 Å². The monoisotopic (exact) mass is 405 g/mol. The smallest absolute Gasteiger partial charge is 0.341 e. The Hall–Kier alpha value is -3.64. The molecular formula is C24H23NO5. The standard InChI is InChI=1S/C24H23NO5/c1-29-16-19-9-11-20(12-10-19)24(28)22-8-4-14-25(22)13-3-6-18-5-2-7-21(15-18)30-17-23(26)27/h2-12,14-15H,13,16-17H2,1H3,(H,26,27)/b6-3+. The fourth-order valence-corrected chi connectivity index (χ4v) is 3.00.